The van der Waals surface area contributed by atoms with Crippen LogP contribution in [0, 0.1) is 0 Å². The molecule has 0 bridgehead atoms. The maximum Gasteiger partial charge on any atom is 0.247 e. The molecular formula is C24H28N4O4. The van der Waals surface area contributed by atoms with Crippen molar-refractivity contribution in [1.82, 2.24) is 19.8 Å². The second-order valence-corrected chi connectivity index (χ2v) is 7.88. The first kappa shape index (κ1) is 22.0. The molecule has 1 N–H and O–H groups in total. The highest BCUT2D eigenvalue weighted by atomic mass is 16.7. The Balaban J connectivity index is 1.66. The highest BCUT2D eigenvalue weighted by Gasteiger charge is 2.40. The second-order valence-electron chi connectivity index (χ2n) is 7.88. The summed E-state index contributed by atoms with van der Waals surface area (Å²) >= 11 is 0. The van der Waals surface area contributed by atoms with Gasteiger partial charge in [0.1, 0.15) is 11.9 Å². The molecule has 0 saturated heterocycles. The zero-order valence-corrected chi connectivity index (χ0v) is 18.5. The molecule has 32 heavy (non-hydrogen) atoms. The molecule has 1 aliphatic rings. The number of ether oxygens (including phenoxy) is 2. The third kappa shape index (κ3) is 4.24. The largest absolute Gasteiger partial charge is 0.354 e. The minimum Gasteiger partial charge on any atom is -0.354 e. The van der Waals surface area contributed by atoms with Gasteiger partial charge in [0, 0.05) is 20.8 Å². The fraction of sp³-hybridized carbons (Fsp3) is 0.375. The first-order chi connectivity index (χ1) is 15.5. The third-order valence-electron chi connectivity index (χ3n) is 5.91. The van der Waals surface area contributed by atoms with E-state index in [0.717, 1.165) is 22.4 Å². The Labute approximate surface area is 187 Å². The number of aromatic nitrogens is 2. The van der Waals surface area contributed by atoms with Gasteiger partial charge in [0.05, 0.1) is 30.0 Å². The van der Waals surface area contributed by atoms with Crippen LogP contribution in [0.2, 0.25) is 0 Å². The summed E-state index contributed by atoms with van der Waals surface area (Å²) in [5.74, 6) is 0.439. The first-order valence-corrected chi connectivity index (χ1v) is 10.7. The maximum atomic E-state index is 13.7. The van der Waals surface area contributed by atoms with Crippen LogP contribution >= 0.6 is 0 Å². The number of hydrogen-bond acceptors (Lipinski definition) is 5. The van der Waals surface area contributed by atoms with Crippen LogP contribution < -0.4 is 5.32 Å². The molecule has 8 heteroatoms. The first-order valence-electron chi connectivity index (χ1n) is 10.7. The van der Waals surface area contributed by atoms with Gasteiger partial charge in [-0.1, -0.05) is 42.5 Å². The number of carbonyl (C=O) groups is 2. The number of amides is 2. The third-order valence-corrected chi connectivity index (χ3v) is 5.91. The SMILES string of the molecule is COC(CNC(=O)C[C@H]1C(=O)N(Cc2ccccc2)[C@@H](C)c2nc3ccccc3n21)OC. The van der Waals surface area contributed by atoms with Gasteiger partial charge >= 0.3 is 0 Å². The van der Waals surface area contributed by atoms with Gasteiger partial charge in [-0.15, -0.1) is 0 Å². The van der Waals surface area contributed by atoms with E-state index in [1.54, 1.807) is 0 Å². The van der Waals surface area contributed by atoms with Crippen LogP contribution in [0.15, 0.2) is 54.6 Å². The van der Waals surface area contributed by atoms with Crippen LogP contribution in [0.4, 0.5) is 0 Å². The summed E-state index contributed by atoms with van der Waals surface area (Å²) in [5, 5.41) is 2.81. The van der Waals surface area contributed by atoms with Gasteiger partial charge in [-0.3, -0.25) is 9.59 Å². The lowest BCUT2D eigenvalue weighted by molar-refractivity contribution is -0.143. The number of fused-ring (bicyclic) bond motifs is 3. The van der Waals surface area contributed by atoms with Crippen molar-refractivity contribution >= 4 is 22.8 Å². The van der Waals surface area contributed by atoms with Gasteiger partial charge < -0.3 is 24.3 Å². The van der Waals surface area contributed by atoms with Gasteiger partial charge in [0.25, 0.3) is 0 Å². The topological polar surface area (TPSA) is 85.7 Å². The average Bonchev–Trinajstić information content (AvgIpc) is 3.20. The summed E-state index contributed by atoms with van der Waals surface area (Å²) in [6.45, 7) is 2.64. The van der Waals surface area contributed by atoms with E-state index in [0.29, 0.717) is 6.54 Å². The Bertz CT molecular complexity index is 1090. The maximum absolute atomic E-state index is 13.7. The molecule has 168 valence electrons. The summed E-state index contributed by atoms with van der Waals surface area (Å²) in [6, 6.07) is 16.7. The minimum absolute atomic E-state index is 0.00431. The molecule has 1 aliphatic heterocycles. The van der Waals surface area contributed by atoms with E-state index in [9.17, 15) is 9.59 Å². The van der Waals surface area contributed by atoms with Crippen molar-refractivity contribution < 1.29 is 19.1 Å². The molecule has 2 amide bonds. The normalized spacial score (nSPS) is 18.2. The van der Waals surface area contributed by atoms with E-state index in [-0.39, 0.29) is 30.8 Å². The lowest BCUT2D eigenvalue weighted by Gasteiger charge is -2.38. The molecule has 0 radical (unpaired) electrons. The molecule has 2 heterocycles. The summed E-state index contributed by atoms with van der Waals surface area (Å²) in [5.41, 5.74) is 2.70. The molecular weight excluding hydrogens is 408 g/mol. The number of methoxy groups -OCH3 is 2. The highest BCUT2D eigenvalue weighted by Crippen LogP contribution is 2.37. The zero-order valence-electron chi connectivity index (χ0n) is 18.5. The lowest BCUT2D eigenvalue weighted by Crippen LogP contribution is -2.46. The van der Waals surface area contributed by atoms with Crippen LogP contribution in [-0.4, -0.2) is 53.3 Å². The van der Waals surface area contributed by atoms with Gasteiger partial charge in [0.15, 0.2) is 6.29 Å². The molecule has 0 unspecified atom stereocenters. The van der Waals surface area contributed by atoms with Crippen LogP contribution in [0.5, 0.6) is 0 Å². The van der Waals surface area contributed by atoms with E-state index in [1.807, 2.05) is 71.0 Å². The van der Waals surface area contributed by atoms with Crippen molar-refractivity contribution in [3.63, 3.8) is 0 Å². The summed E-state index contributed by atoms with van der Waals surface area (Å²) in [4.78, 5) is 33.1. The van der Waals surface area contributed by atoms with Crippen molar-refractivity contribution in [3.05, 3.63) is 66.0 Å². The van der Waals surface area contributed by atoms with E-state index < -0.39 is 12.3 Å². The van der Waals surface area contributed by atoms with Gasteiger partial charge in [-0.05, 0) is 24.6 Å². The lowest BCUT2D eigenvalue weighted by atomic mass is 10.0. The van der Waals surface area contributed by atoms with Crippen molar-refractivity contribution in [2.45, 2.75) is 38.3 Å². The second kappa shape index (κ2) is 9.50. The number of para-hydroxylation sites is 2. The van der Waals surface area contributed by atoms with E-state index in [4.69, 9.17) is 14.5 Å². The number of imidazole rings is 1. The zero-order chi connectivity index (χ0) is 22.7. The number of rotatable bonds is 8. The Morgan fingerprint density at radius 2 is 1.78 bits per heavy atom. The number of hydrogen-bond donors (Lipinski definition) is 1. The fourth-order valence-electron chi connectivity index (χ4n) is 4.20. The number of nitrogens with one attached hydrogen (secondary N) is 1. The summed E-state index contributed by atoms with van der Waals surface area (Å²) in [6.07, 6.45) is -0.537. The molecule has 0 aliphatic carbocycles. The molecule has 1 aromatic heterocycles. The highest BCUT2D eigenvalue weighted by molar-refractivity contribution is 5.90. The van der Waals surface area contributed by atoms with Crippen molar-refractivity contribution in [2.24, 2.45) is 0 Å². The molecule has 8 nitrogen and oxygen atoms in total. The molecule has 2 aromatic carbocycles. The van der Waals surface area contributed by atoms with Crippen LogP contribution in [0.25, 0.3) is 11.0 Å². The summed E-state index contributed by atoms with van der Waals surface area (Å²) < 4.78 is 12.2. The standard InChI is InChI=1S/C24H28N4O4/c1-16-23-26-18-11-7-8-12-19(18)28(23)20(13-21(29)25-14-22(31-2)32-3)24(30)27(16)15-17-9-5-4-6-10-17/h4-12,16,20,22H,13-15H2,1-3H3,(H,25,29)/t16-,20-/m0/s1. The Morgan fingerprint density at radius 1 is 1.09 bits per heavy atom. The molecule has 3 aromatic rings. The van der Waals surface area contributed by atoms with Crippen molar-refractivity contribution in [1.29, 1.82) is 0 Å². The number of benzene rings is 2. The fourth-order valence-corrected chi connectivity index (χ4v) is 4.20. The van der Waals surface area contributed by atoms with Gasteiger partial charge in [0.2, 0.25) is 11.8 Å². The van der Waals surface area contributed by atoms with Crippen molar-refractivity contribution in [3.8, 4) is 0 Å². The van der Waals surface area contributed by atoms with Gasteiger partial charge in [-0.2, -0.15) is 0 Å². The quantitative estimate of drug-likeness (QED) is 0.549. The average molecular weight is 437 g/mol. The van der Waals surface area contributed by atoms with Crippen LogP contribution in [-0.2, 0) is 25.6 Å². The smallest absolute Gasteiger partial charge is 0.247 e. The van der Waals surface area contributed by atoms with Crippen LogP contribution in [0.1, 0.15) is 36.8 Å². The van der Waals surface area contributed by atoms with E-state index >= 15 is 0 Å². The number of nitrogens with zero attached hydrogens (tertiary/aromatic N) is 3. The molecule has 0 saturated carbocycles. The Kier molecular flexibility index (Phi) is 6.53. The molecule has 0 fully saturated rings. The predicted molar refractivity (Wildman–Crippen MR) is 120 cm³/mol. The monoisotopic (exact) mass is 436 g/mol. The Hall–Kier alpha value is -3.23. The molecule has 0 spiro atoms. The van der Waals surface area contributed by atoms with E-state index in [2.05, 4.69) is 5.32 Å². The molecule has 4 rings (SSSR count). The molecule has 2 atom stereocenters. The van der Waals surface area contributed by atoms with Crippen LogP contribution in [0.3, 0.4) is 0 Å². The Morgan fingerprint density at radius 3 is 2.50 bits per heavy atom. The number of carbonyl (C=O) groups excluding carboxylic acids is 2. The predicted octanol–water partition coefficient (Wildman–Crippen LogP) is 2.81. The summed E-state index contributed by atoms with van der Waals surface area (Å²) in [7, 11) is 3.02. The minimum atomic E-state index is -0.680. The van der Waals surface area contributed by atoms with E-state index in [1.165, 1.54) is 14.2 Å². The van der Waals surface area contributed by atoms with Crippen molar-refractivity contribution in [2.75, 3.05) is 20.8 Å². The van der Waals surface area contributed by atoms with Gasteiger partial charge in [-0.25, -0.2) is 4.98 Å².